The number of hydrogen-bond donors (Lipinski definition) is 1. The Kier molecular flexibility index (Phi) is 4.60. The first kappa shape index (κ1) is 14.8. The molecule has 0 aromatic rings. The summed E-state index contributed by atoms with van der Waals surface area (Å²) in [5.74, 6) is -2.01. The van der Waals surface area contributed by atoms with Crippen LogP contribution in [0.3, 0.4) is 0 Å². The molecule has 0 aromatic carbocycles. The molecule has 1 N–H and O–H groups in total. The van der Waals surface area contributed by atoms with Crippen LogP contribution in [0.25, 0.3) is 0 Å². The van der Waals surface area contributed by atoms with Gasteiger partial charge in [0.05, 0.1) is 13.2 Å². The van der Waals surface area contributed by atoms with E-state index >= 15 is 0 Å². The first-order valence-electron chi connectivity index (χ1n) is 5.58. The van der Waals surface area contributed by atoms with E-state index in [2.05, 4.69) is 4.74 Å². The fourth-order valence-corrected chi connectivity index (χ4v) is 1.66. The molecule has 3 atom stereocenters. The van der Waals surface area contributed by atoms with Crippen LogP contribution in [0.15, 0.2) is 0 Å². The third kappa shape index (κ3) is 3.37. The van der Waals surface area contributed by atoms with Crippen LogP contribution in [0.4, 0.5) is 0 Å². The van der Waals surface area contributed by atoms with Gasteiger partial charge in [-0.3, -0.25) is 10.1 Å². The van der Waals surface area contributed by atoms with Crippen molar-refractivity contribution in [3.05, 3.63) is 10.1 Å². The average Bonchev–Trinajstić information content (AvgIpc) is 2.58. The highest BCUT2D eigenvalue weighted by atomic mass is 16.7. The molecule has 0 aliphatic carbocycles. The minimum atomic E-state index is -1.87. The lowest BCUT2D eigenvalue weighted by Crippen LogP contribution is -2.49. The van der Waals surface area contributed by atoms with Gasteiger partial charge in [0, 0.05) is 4.92 Å². The number of carbonyl (C=O) groups is 1. The van der Waals surface area contributed by atoms with Crippen LogP contribution >= 0.6 is 0 Å². The summed E-state index contributed by atoms with van der Waals surface area (Å²) in [7, 11) is 0. The lowest BCUT2D eigenvalue weighted by Gasteiger charge is -2.21. The second kappa shape index (κ2) is 5.59. The highest BCUT2D eigenvalue weighted by Crippen LogP contribution is 2.25. The van der Waals surface area contributed by atoms with Gasteiger partial charge in [0.25, 0.3) is 0 Å². The average molecular weight is 263 g/mol. The molecule has 1 fully saturated rings. The monoisotopic (exact) mass is 263 g/mol. The van der Waals surface area contributed by atoms with Crippen molar-refractivity contribution in [1.29, 1.82) is 0 Å². The number of carbonyl (C=O) groups excluding carboxylic acids is 1. The smallest absolute Gasteiger partial charge is 0.384 e. The van der Waals surface area contributed by atoms with Crippen LogP contribution in [0.2, 0.25) is 0 Å². The van der Waals surface area contributed by atoms with Crippen LogP contribution in [0.5, 0.6) is 0 Å². The van der Waals surface area contributed by atoms with E-state index in [9.17, 15) is 20.0 Å². The van der Waals surface area contributed by atoms with Crippen molar-refractivity contribution in [2.45, 2.75) is 44.8 Å². The molecular weight excluding hydrogens is 246 g/mol. The standard InChI is InChI=1S/C10H17NO7/c1-4-16-9(13)7(11(14)15)8(12)6-5-17-10(2,3)18-6/h6-8,12H,4-5H2,1-3H3/t6-,7+,8-/m1/s1. The van der Waals surface area contributed by atoms with Crippen molar-refractivity contribution in [3.63, 3.8) is 0 Å². The van der Waals surface area contributed by atoms with Crippen molar-refractivity contribution < 1.29 is 29.0 Å². The van der Waals surface area contributed by atoms with Gasteiger partial charge < -0.3 is 19.3 Å². The zero-order valence-corrected chi connectivity index (χ0v) is 10.5. The summed E-state index contributed by atoms with van der Waals surface area (Å²) in [6.45, 7) is 4.75. The molecule has 0 aromatic heterocycles. The Morgan fingerprint density at radius 2 is 2.28 bits per heavy atom. The lowest BCUT2D eigenvalue weighted by atomic mass is 10.1. The minimum Gasteiger partial charge on any atom is -0.461 e. The molecule has 104 valence electrons. The van der Waals surface area contributed by atoms with Gasteiger partial charge in [0.2, 0.25) is 0 Å². The molecule has 1 saturated heterocycles. The Balaban J connectivity index is 2.75. The topological polar surface area (TPSA) is 108 Å². The maximum absolute atomic E-state index is 11.4. The lowest BCUT2D eigenvalue weighted by molar-refractivity contribution is -0.524. The summed E-state index contributed by atoms with van der Waals surface area (Å²) >= 11 is 0. The summed E-state index contributed by atoms with van der Waals surface area (Å²) in [6.07, 6.45) is -2.54. The molecule has 8 heteroatoms. The first-order valence-corrected chi connectivity index (χ1v) is 5.58. The maximum Gasteiger partial charge on any atom is 0.384 e. The van der Waals surface area contributed by atoms with E-state index in [0.29, 0.717) is 0 Å². The van der Waals surface area contributed by atoms with Gasteiger partial charge >= 0.3 is 12.0 Å². The summed E-state index contributed by atoms with van der Waals surface area (Å²) < 4.78 is 15.0. The van der Waals surface area contributed by atoms with Crippen LogP contribution in [-0.2, 0) is 19.0 Å². The maximum atomic E-state index is 11.4. The molecular formula is C10H17NO7. The van der Waals surface area contributed by atoms with E-state index in [4.69, 9.17) is 9.47 Å². The quantitative estimate of drug-likeness (QED) is 0.412. The molecule has 0 bridgehead atoms. The van der Waals surface area contributed by atoms with Gasteiger partial charge in [-0.1, -0.05) is 0 Å². The number of nitrogens with zero attached hydrogens (tertiary/aromatic N) is 1. The Morgan fingerprint density at radius 1 is 1.67 bits per heavy atom. The van der Waals surface area contributed by atoms with Crippen molar-refractivity contribution in [2.24, 2.45) is 0 Å². The largest absolute Gasteiger partial charge is 0.461 e. The number of nitro groups is 1. The van der Waals surface area contributed by atoms with Crippen LogP contribution in [0, 0.1) is 10.1 Å². The van der Waals surface area contributed by atoms with Crippen molar-refractivity contribution in [1.82, 2.24) is 0 Å². The van der Waals surface area contributed by atoms with Gasteiger partial charge in [-0.15, -0.1) is 0 Å². The third-order valence-corrected chi connectivity index (χ3v) is 2.49. The van der Waals surface area contributed by atoms with Crippen molar-refractivity contribution >= 4 is 5.97 Å². The molecule has 1 aliphatic rings. The van der Waals surface area contributed by atoms with Gasteiger partial charge in [-0.25, -0.2) is 4.79 Å². The van der Waals surface area contributed by atoms with E-state index in [1.807, 2.05) is 0 Å². The van der Waals surface area contributed by atoms with Gasteiger partial charge in [-0.05, 0) is 20.8 Å². The molecule has 0 spiro atoms. The highest BCUT2D eigenvalue weighted by Gasteiger charge is 2.48. The second-order valence-corrected chi connectivity index (χ2v) is 4.34. The summed E-state index contributed by atoms with van der Waals surface area (Å²) in [6, 6.07) is -1.87. The summed E-state index contributed by atoms with van der Waals surface area (Å²) in [5.41, 5.74) is 0. The Morgan fingerprint density at radius 3 is 2.67 bits per heavy atom. The van der Waals surface area contributed by atoms with E-state index < -0.39 is 34.9 Å². The van der Waals surface area contributed by atoms with Crippen LogP contribution in [0.1, 0.15) is 20.8 Å². The molecule has 8 nitrogen and oxygen atoms in total. The molecule has 0 unspecified atom stereocenters. The molecule has 1 heterocycles. The SMILES string of the molecule is CCOC(=O)[C@H]([C@H](O)[C@H]1COC(C)(C)O1)[N+](=O)[O-]. The number of hydrogen-bond acceptors (Lipinski definition) is 7. The van der Waals surface area contributed by atoms with Crippen LogP contribution in [-0.4, -0.2) is 53.2 Å². The van der Waals surface area contributed by atoms with Crippen molar-refractivity contribution in [3.8, 4) is 0 Å². The Hall–Kier alpha value is -1.25. The van der Waals surface area contributed by atoms with Crippen molar-refractivity contribution in [2.75, 3.05) is 13.2 Å². The fourth-order valence-electron chi connectivity index (χ4n) is 1.66. The van der Waals surface area contributed by atoms with Gasteiger partial charge in [0.15, 0.2) is 11.9 Å². The highest BCUT2D eigenvalue weighted by molar-refractivity contribution is 5.75. The zero-order valence-electron chi connectivity index (χ0n) is 10.5. The van der Waals surface area contributed by atoms with E-state index in [1.54, 1.807) is 13.8 Å². The molecule has 1 rings (SSSR count). The first-order chi connectivity index (χ1) is 8.28. The molecule has 0 radical (unpaired) electrons. The molecule has 1 aliphatic heterocycles. The summed E-state index contributed by atoms with van der Waals surface area (Å²) in [4.78, 5) is 21.4. The van der Waals surface area contributed by atoms with E-state index in [-0.39, 0.29) is 13.2 Å². The zero-order chi connectivity index (χ0) is 13.9. The normalized spacial score (nSPS) is 25.4. The van der Waals surface area contributed by atoms with Gasteiger partial charge in [-0.2, -0.15) is 0 Å². The number of aliphatic hydroxyl groups excluding tert-OH is 1. The molecule has 0 saturated carbocycles. The number of esters is 1. The minimum absolute atomic E-state index is 0.00338. The van der Waals surface area contributed by atoms with E-state index in [1.165, 1.54) is 6.92 Å². The predicted octanol–water partition coefficient (Wildman–Crippen LogP) is -0.293. The fraction of sp³-hybridized carbons (Fsp3) is 0.900. The predicted molar refractivity (Wildman–Crippen MR) is 58.3 cm³/mol. The molecule has 0 amide bonds. The Bertz CT molecular complexity index is 330. The van der Waals surface area contributed by atoms with Crippen LogP contribution < -0.4 is 0 Å². The number of ether oxygens (including phenoxy) is 3. The van der Waals surface area contributed by atoms with Gasteiger partial charge in [0.1, 0.15) is 6.10 Å². The Labute approximate surface area is 104 Å². The summed E-state index contributed by atoms with van der Waals surface area (Å²) in [5, 5.41) is 20.7. The molecule has 18 heavy (non-hydrogen) atoms. The third-order valence-electron chi connectivity index (χ3n) is 2.49. The van der Waals surface area contributed by atoms with E-state index in [0.717, 1.165) is 0 Å². The second-order valence-electron chi connectivity index (χ2n) is 4.34. The number of rotatable bonds is 5. The number of aliphatic hydroxyl groups is 1.